The van der Waals surface area contributed by atoms with E-state index in [0.717, 1.165) is 32.2 Å². The zero-order chi connectivity index (χ0) is 13.9. The maximum Gasteiger partial charge on any atom is 0.323 e. The first kappa shape index (κ1) is 15.4. The van der Waals surface area contributed by atoms with Gasteiger partial charge in [-0.3, -0.25) is 0 Å². The zero-order valence-corrected chi connectivity index (χ0v) is 11.6. The van der Waals surface area contributed by atoms with E-state index in [1.54, 1.807) is 7.05 Å². The molecule has 1 rings (SSSR count). The summed E-state index contributed by atoms with van der Waals surface area (Å²) in [5.41, 5.74) is 0. The Hall–Kier alpha value is -1.63. The quantitative estimate of drug-likeness (QED) is 0.551. The standard InChI is InChI=1S/C12H23N5O2/c1-3-19-12-16-10(13-2)15-11(17-12)14-8-6-4-5-7-9-18/h18H,3-9H2,1-2H3,(H2,13,14,15,16,17). The monoisotopic (exact) mass is 269 g/mol. The molecule has 1 aromatic rings. The fraction of sp³-hybridized carbons (Fsp3) is 0.750. The van der Waals surface area contributed by atoms with Gasteiger partial charge in [0.1, 0.15) is 0 Å². The lowest BCUT2D eigenvalue weighted by molar-refractivity contribution is 0.283. The highest BCUT2D eigenvalue weighted by Crippen LogP contribution is 2.11. The van der Waals surface area contributed by atoms with Gasteiger partial charge in [-0.25, -0.2) is 0 Å². The third-order valence-corrected chi connectivity index (χ3v) is 2.48. The van der Waals surface area contributed by atoms with E-state index in [9.17, 15) is 0 Å². The van der Waals surface area contributed by atoms with Crippen LogP contribution in [0.5, 0.6) is 6.01 Å². The Balaban J connectivity index is 2.41. The number of rotatable bonds is 10. The molecule has 0 radical (unpaired) electrons. The zero-order valence-electron chi connectivity index (χ0n) is 11.6. The molecular formula is C12H23N5O2. The van der Waals surface area contributed by atoms with Gasteiger partial charge in [-0.05, 0) is 19.8 Å². The van der Waals surface area contributed by atoms with Crippen molar-refractivity contribution in [2.45, 2.75) is 32.6 Å². The molecule has 0 aromatic carbocycles. The molecule has 3 N–H and O–H groups in total. The number of hydrogen-bond donors (Lipinski definition) is 3. The second-order valence-corrected chi connectivity index (χ2v) is 4.01. The van der Waals surface area contributed by atoms with E-state index in [2.05, 4.69) is 25.6 Å². The van der Waals surface area contributed by atoms with E-state index in [0.29, 0.717) is 24.5 Å². The van der Waals surface area contributed by atoms with Crippen molar-refractivity contribution in [3.8, 4) is 6.01 Å². The maximum absolute atomic E-state index is 8.68. The normalized spacial score (nSPS) is 10.3. The number of hydrogen-bond acceptors (Lipinski definition) is 7. The second kappa shape index (κ2) is 9.32. The average molecular weight is 269 g/mol. The maximum atomic E-state index is 8.68. The van der Waals surface area contributed by atoms with Gasteiger partial charge in [0.15, 0.2) is 0 Å². The van der Waals surface area contributed by atoms with Crippen molar-refractivity contribution in [2.75, 3.05) is 37.4 Å². The van der Waals surface area contributed by atoms with Crippen molar-refractivity contribution in [3.05, 3.63) is 0 Å². The molecular weight excluding hydrogens is 246 g/mol. The summed E-state index contributed by atoms with van der Waals surface area (Å²) in [7, 11) is 1.75. The molecule has 0 bridgehead atoms. The lowest BCUT2D eigenvalue weighted by Gasteiger charge is -2.08. The Morgan fingerprint density at radius 1 is 1.05 bits per heavy atom. The first-order valence-electron chi connectivity index (χ1n) is 6.71. The molecule has 0 saturated carbocycles. The van der Waals surface area contributed by atoms with E-state index >= 15 is 0 Å². The van der Waals surface area contributed by atoms with Crippen LogP contribution in [0.4, 0.5) is 11.9 Å². The summed E-state index contributed by atoms with van der Waals surface area (Å²) < 4.78 is 5.28. The van der Waals surface area contributed by atoms with Gasteiger partial charge in [-0.2, -0.15) is 15.0 Å². The summed E-state index contributed by atoms with van der Waals surface area (Å²) in [5.74, 6) is 1.01. The SMILES string of the molecule is CCOc1nc(NC)nc(NCCCCCCO)n1. The van der Waals surface area contributed by atoms with Gasteiger partial charge in [0.2, 0.25) is 11.9 Å². The predicted molar refractivity (Wildman–Crippen MR) is 74.6 cm³/mol. The molecule has 7 heteroatoms. The summed E-state index contributed by atoms with van der Waals surface area (Å²) >= 11 is 0. The van der Waals surface area contributed by atoms with Crippen LogP contribution in [0.2, 0.25) is 0 Å². The molecule has 0 saturated heterocycles. The van der Waals surface area contributed by atoms with Crippen LogP contribution in [0, 0.1) is 0 Å². The summed E-state index contributed by atoms with van der Waals surface area (Å²) in [6, 6.07) is 0.324. The number of aliphatic hydroxyl groups is 1. The number of anilines is 2. The highest BCUT2D eigenvalue weighted by atomic mass is 16.5. The van der Waals surface area contributed by atoms with Crippen LogP contribution in [0.25, 0.3) is 0 Å². The van der Waals surface area contributed by atoms with Gasteiger partial charge in [0, 0.05) is 20.2 Å². The molecule has 1 heterocycles. The van der Waals surface area contributed by atoms with E-state index in [1.165, 1.54) is 0 Å². The van der Waals surface area contributed by atoms with Gasteiger partial charge in [-0.1, -0.05) is 12.8 Å². The smallest absolute Gasteiger partial charge is 0.323 e. The van der Waals surface area contributed by atoms with E-state index < -0.39 is 0 Å². The van der Waals surface area contributed by atoms with Crippen molar-refractivity contribution in [2.24, 2.45) is 0 Å². The Morgan fingerprint density at radius 2 is 1.79 bits per heavy atom. The van der Waals surface area contributed by atoms with Gasteiger partial charge in [-0.15, -0.1) is 0 Å². The molecule has 0 fully saturated rings. The Labute approximate surface area is 113 Å². The molecule has 0 aliphatic carbocycles. The summed E-state index contributed by atoms with van der Waals surface area (Å²) in [6.07, 6.45) is 4.01. The van der Waals surface area contributed by atoms with Crippen LogP contribution in [0.1, 0.15) is 32.6 Å². The van der Waals surface area contributed by atoms with Crippen molar-refractivity contribution in [1.82, 2.24) is 15.0 Å². The molecule has 7 nitrogen and oxygen atoms in total. The van der Waals surface area contributed by atoms with Crippen LogP contribution in [-0.4, -0.2) is 46.9 Å². The molecule has 108 valence electrons. The first-order chi connectivity index (χ1) is 9.30. The van der Waals surface area contributed by atoms with Crippen molar-refractivity contribution >= 4 is 11.9 Å². The van der Waals surface area contributed by atoms with Gasteiger partial charge >= 0.3 is 6.01 Å². The molecule has 0 unspecified atom stereocenters. The molecule has 0 aliphatic rings. The highest BCUT2D eigenvalue weighted by Gasteiger charge is 2.05. The first-order valence-corrected chi connectivity index (χ1v) is 6.71. The largest absolute Gasteiger partial charge is 0.464 e. The lowest BCUT2D eigenvalue weighted by atomic mass is 10.2. The summed E-state index contributed by atoms with van der Waals surface area (Å²) in [6.45, 7) is 3.47. The van der Waals surface area contributed by atoms with E-state index in [4.69, 9.17) is 9.84 Å². The Kier molecular flexibility index (Phi) is 7.57. The van der Waals surface area contributed by atoms with Gasteiger partial charge < -0.3 is 20.5 Å². The summed E-state index contributed by atoms with van der Waals surface area (Å²) in [5, 5.41) is 14.7. The molecule has 0 aliphatic heterocycles. The van der Waals surface area contributed by atoms with Crippen LogP contribution in [-0.2, 0) is 0 Å². The Morgan fingerprint density at radius 3 is 2.47 bits per heavy atom. The topological polar surface area (TPSA) is 92.2 Å². The molecule has 1 aromatic heterocycles. The van der Waals surface area contributed by atoms with Crippen LogP contribution < -0.4 is 15.4 Å². The molecule has 0 spiro atoms. The third kappa shape index (κ3) is 6.19. The highest BCUT2D eigenvalue weighted by molar-refractivity contribution is 5.35. The number of aromatic nitrogens is 3. The minimum absolute atomic E-state index is 0.268. The van der Waals surface area contributed by atoms with Crippen LogP contribution in [0.15, 0.2) is 0 Å². The van der Waals surface area contributed by atoms with Crippen molar-refractivity contribution < 1.29 is 9.84 Å². The van der Waals surface area contributed by atoms with Crippen LogP contribution in [0.3, 0.4) is 0 Å². The minimum Gasteiger partial charge on any atom is -0.464 e. The fourth-order valence-electron chi connectivity index (χ4n) is 1.53. The van der Waals surface area contributed by atoms with Crippen molar-refractivity contribution in [1.29, 1.82) is 0 Å². The van der Waals surface area contributed by atoms with Gasteiger partial charge in [0.25, 0.3) is 0 Å². The van der Waals surface area contributed by atoms with Crippen molar-refractivity contribution in [3.63, 3.8) is 0 Å². The van der Waals surface area contributed by atoms with E-state index in [1.807, 2.05) is 6.92 Å². The number of nitrogens with one attached hydrogen (secondary N) is 2. The number of aliphatic hydroxyl groups excluding tert-OH is 1. The number of unbranched alkanes of at least 4 members (excludes halogenated alkanes) is 3. The molecule has 0 atom stereocenters. The summed E-state index contributed by atoms with van der Waals surface area (Å²) in [4.78, 5) is 12.5. The fourth-order valence-corrected chi connectivity index (χ4v) is 1.53. The molecule has 0 amide bonds. The van der Waals surface area contributed by atoms with E-state index in [-0.39, 0.29) is 6.61 Å². The minimum atomic E-state index is 0.268. The van der Waals surface area contributed by atoms with Crippen LogP contribution >= 0.6 is 0 Å². The van der Waals surface area contributed by atoms with Gasteiger partial charge in [0.05, 0.1) is 6.61 Å². The third-order valence-electron chi connectivity index (χ3n) is 2.48. The lowest BCUT2D eigenvalue weighted by Crippen LogP contribution is -2.10. The number of nitrogens with zero attached hydrogens (tertiary/aromatic N) is 3. The average Bonchev–Trinajstić information content (AvgIpc) is 2.43. The number of ether oxygens (including phenoxy) is 1. The molecule has 19 heavy (non-hydrogen) atoms. The predicted octanol–water partition coefficient (Wildman–Crippen LogP) is 1.28. The second-order valence-electron chi connectivity index (χ2n) is 4.01. The Bertz CT molecular complexity index is 362.